The molecule has 0 radical (unpaired) electrons. The molecule has 1 aromatic rings. The van der Waals surface area contributed by atoms with Gasteiger partial charge in [0.05, 0.1) is 4.92 Å². The number of non-ortho nitro benzene ring substituents is 1. The monoisotopic (exact) mass is 287 g/mol. The summed E-state index contributed by atoms with van der Waals surface area (Å²) in [4.78, 5) is 9.86. The van der Waals surface area contributed by atoms with Crippen LogP contribution < -0.4 is 0 Å². The number of nitro benzene ring substituents is 1. The maximum Gasteiger partial charge on any atom is 0.269 e. The van der Waals surface area contributed by atoms with Gasteiger partial charge in [0.15, 0.2) is 0 Å². The van der Waals surface area contributed by atoms with Crippen molar-refractivity contribution in [3.63, 3.8) is 0 Å². The fraction of sp³-hybridized carbons (Fsp3) is 0.250. The standard InChI is InChI=1S/C8H5Cl4NO2/c9-7(8(10,11)12)5-1-3-6(4-2-5)13(14)15/h1-4,7H/t7-/m0/s1. The fourth-order valence-corrected chi connectivity index (χ4v) is 1.48. The van der Waals surface area contributed by atoms with Gasteiger partial charge in [-0.3, -0.25) is 10.1 Å². The number of rotatable bonds is 2. The minimum atomic E-state index is -1.64. The van der Waals surface area contributed by atoms with E-state index in [9.17, 15) is 10.1 Å². The molecule has 0 amide bonds. The van der Waals surface area contributed by atoms with E-state index in [-0.39, 0.29) is 5.69 Å². The van der Waals surface area contributed by atoms with Crippen molar-refractivity contribution < 1.29 is 4.92 Å². The third-order valence-corrected chi connectivity index (χ3v) is 3.25. The van der Waals surface area contributed by atoms with Crippen molar-refractivity contribution in [3.05, 3.63) is 39.9 Å². The summed E-state index contributed by atoms with van der Waals surface area (Å²) in [5.74, 6) is 0. The summed E-state index contributed by atoms with van der Waals surface area (Å²) in [6.45, 7) is 0. The first-order valence-corrected chi connectivity index (χ1v) is 5.34. The van der Waals surface area contributed by atoms with Crippen LogP contribution in [-0.2, 0) is 0 Å². The summed E-state index contributed by atoms with van der Waals surface area (Å²) >= 11 is 22.6. The van der Waals surface area contributed by atoms with Gasteiger partial charge in [-0.25, -0.2) is 0 Å². The lowest BCUT2D eigenvalue weighted by molar-refractivity contribution is -0.384. The van der Waals surface area contributed by atoms with Gasteiger partial charge in [0, 0.05) is 12.1 Å². The lowest BCUT2D eigenvalue weighted by atomic mass is 10.1. The number of nitrogens with zero attached hydrogens (tertiary/aromatic N) is 1. The first kappa shape index (κ1) is 12.8. The molecule has 3 nitrogen and oxygen atoms in total. The Balaban J connectivity index is 2.94. The quantitative estimate of drug-likeness (QED) is 0.464. The van der Waals surface area contributed by atoms with Crippen molar-refractivity contribution in [2.24, 2.45) is 0 Å². The maximum absolute atomic E-state index is 10.4. The van der Waals surface area contributed by atoms with Gasteiger partial charge in [-0.1, -0.05) is 46.9 Å². The lowest BCUT2D eigenvalue weighted by Gasteiger charge is -2.17. The predicted molar refractivity (Wildman–Crippen MR) is 62.0 cm³/mol. The average Bonchev–Trinajstić information content (AvgIpc) is 2.15. The van der Waals surface area contributed by atoms with Gasteiger partial charge in [-0.15, -0.1) is 11.6 Å². The van der Waals surface area contributed by atoms with E-state index in [4.69, 9.17) is 46.4 Å². The van der Waals surface area contributed by atoms with E-state index in [1.165, 1.54) is 24.3 Å². The summed E-state index contributed by atoms with van der Waals surface area (Å²) in [5, 5.41) is 9.53. The van der Waals surface area contributed by atoms with Crippen LogP contribution in [0.25, 0.3) is 0 Å². The fourth-order valence-electron chi connectivity index (χ4n) is 0.954. The molecule has 0 bridgehead atoms. The Kier molecular flexibility index (Phi) is 4.06. The molecular formula is C8H5Cl4NO2. The Hall–Kier alpha value is -0.220. The summed E-state index contributed by atoms with van der Waals surface area (Å²) in [7, 11) is 0. The van der Waals surface area contributed by atoms with Crippen LogP contribution in [0, 0.1) is 10.1 Å². The van der Waals surface area contributed by atoms with Gasteiger partial charge in [-0.05, 0) is 5.56 Å². The van der Waals surface area contributed by atoms with Crippen molar-refractivity contribution in [1.82, 2.24) is 0 Å². The van der Waals surface area contributed by atoms with E-state index in [1.54, 1.807) is 0 Å². The van der Waals surface area contributed by atoms with Crippen molar-refractivity contribution in [1.29, 1.82) is 0 Å². The molecule has 1 aromatic carbocycles. The van der Waals surface area contributed by atoms with Crippen molar-refractivity contribution >= 4 is 52.1 Å². The van der Waals surface area contributed by atoms with E-state index < -0.39 is 14.1 Å². The van der Waals surface area contributed by atoms with E-state index in [0.717, 1.165) is 0 Å². The molecule has 1 atom stereocenters. The van der Waals surface area contributed by atoms with Crippen molar-refractivity contribution in [3.8, 4) is 0 Å². The zero-order chi connectivity index (χ0) is 11.6. The molecule has 0 saturated carbocycles. The molecule has 15 heavy (non-hydrogen) atoms. The molecule has 0 aliphatic rings. The minimum absolute atomic E-state index is 0.0352. The SMILES string of the molecule is O=[N+]([O-])c1ccc([C@H](Cl)C(Cl)(Cl)Cl)cc1. The van der Waals surface area contributed by atoms with Crippen LogP contribution in [0.4, 0.5) is 5.69 Å². The Morgan fingerprint density at radius 3 is 2.00 bits per heavy atom. The average molecular weight is 289 g/mol. The maximum atomic E-state index is 10.4. The highest BCUT2D eigenvalue weighted by Crippen LogP contribution is 2.44. The molecule has 0 aliphatic carbocycles. The second-order valence-corrected chi connectivity index (χ2v) is 5.56. The molecule has 82 valence electrons. The Morgan fingerprint density at radius 2 is 1.67 bits per heavy atom. The second-order valence-electron chi connectivity index (χ2n) is 2.75. The zero-order valence-electron chi connectivity index (χ0n) is 7.16. The molecule has 0 saturated heterocycles. The van der Waals surface area contributed by atoms with E-state index in [0.29, 0.717) is 5.56 Å². The highest BCUT2D eigenvalue weighted by Gasteiger charge is 2.32. The van der Waals surface area contributed by atoms with Crippen LogP contribution in [-0.4, -0.2) is 8.72 Å². The van der Waals surface area contributed by atoms with Gasteiger partial charge in [0.2, 0.25) is 3.79 Å². The first-order valence-electron chi connectivity index (χ1n) is 3.77. The molecule has 0 heterocycles. The topological polar surface area (TPSA) is 43.1 Å². The molecular weight excluding hydrogens is 284 g/mol. The minimum Gasteiger partial charge on any atom is -0.258 e. The molecule has 0 fully saturated rings. The van der Waals surface area contributed by atoms with Crippen LogP contribution in [0.2, 0.25) is 0 Å². The number of halogens is 4. The Bertz CT molecular complexity index is 360. The number of alkyl halides is 4. The zero-order valence-corrected chi connectivity index (χ0v) is 10.2. The molecule has 7 heteroatoms. The number of hydrogen-bond donors (Lipinski definition) is 0. The Morgan fingerprint density at radius 1 is 1.20 bits per heavy atom. The second kappa shape index (κ2) is 4.74. The third-order valence-electron chi connectivity index (χ3n) is 1.68. The summed E-state index contributed by atoms with van der Waals surface area (Å²) < 4.78 is -1.64. The van der Waals surface area contributed by atoms with E-state index >= 15 is 0 Å². The highest BCUT2D eigenvalue weighted by atomic mass is 35.6. The van der Waals surface area contributed by atoms with Crippen LogP contribution in [0.1, 0.15) is 10.9 Å². The third kappa shape index (κ3) is 3.38. The summed E-state index contributed by atoms with van der Waals surface area (Å²) in [6, 6.07) is 5.53. The molecule has 0 unspecified atom stereocenters. The molecule has 0 N–H and O–H groups in total. The molecule has 0 aromatic heterocycles. The molecule has 1 rings (SSSR count). The highest BCUT2D eigenvalue weighted by molar-refractivity contribution is 6.70. The number of hydrogen-bond acceptors (Lipinski definition) is 2. The predicted octanol–water partition coefficient (Wildman–Crippen LogP) is 4.24. The Labute approximate surface area is 106 Å². The molecule has 0 spiro atoms. The smallest absolute Gasteiger partial charge is 0.258 e. The molecule has 0 aliphatic heterocycles. The van der Waals surface area contributed by atoms with Crippen molar-refractivity contribution in [2.45, 2.75) is 9.17 Å². The van der Waals surface area contributed by atoms with Gasteiger partial charge < -0.3 is 0 Å². The van der Waals surface area contributed by atoms with Gasteiger partial charge in [0.25, 0.3) is 5.69 Å². The van der Waals surface area contributed by atoms with E-state index in [1.807, 2.05) is 0 Å². The van der Waals surface area contributed by atoms with Crippen LogP contribution in [0.5, 0.6) is 0 Å². The van der Waals surface area contributed by atoms with Gasteiger partial charge >= 0.3 is 0 Å². The van der Waals surface area contributed by atoms with Gasteiger partial charge in [0.1, 0.15) is 5.38 Å². The normalized spacial score (nSPS) is 13.6. The van der Waals surface area contributed by atoms with Crippen molar-refractivity contribution in [2.75, 3.05) is 0 Å². The van der Waals surface area contributed by atoms with Crippen LogP contribution in [0.15, 0.2) is 24.3 Å². The summed E-state index contributed by atoms with van der Waals surface area (Å²) in [5.41, 5.74) is 0.481. The number of benzene rings is 1. The number of nitro groups is 1. The van der Waals surface area contributed by atoms with Crippen LogP contribution >= 0.6 is 46.4 Å². The van der Waals surface area contributed by atoms with E-state index in [2.05, 4.69) is 0 Å². The summed E-state index contributed by atoms with van der Waals surface area (Å²) in [6.07, 6.45) is 0. The lowest BCUT2D eigenvalue weighted by Crippen LogP contribution is -2.11. The van der Waals surface area contributed by atoms with Gasteiger partial charge in [-0.2, -0.15) is 0 Å². The first-order chi connectivity index (χ1) is 6.82. The largest absolute Gasteiger partial charge is 0.269 e. The van der Waals surface area contributed by atoms with Crippen LogP contribution in [0.3, 0.4) is 0 Å².